The third-order valence-electron chi connectivity index (χ3n) is 3.60. The fourth-order valence-electron chi connectivity index (χ4n) is 2.71. The van der Waals surface area contributed by atoms with Crippen LogP contribution in [0, 0.1) is 6.92 Å². The van der Waals surface area contributed by atoms with Crippen molar-refractivity contribution in [1.29, 1.82) is 0 Å². The first-order valence-corrected chi connectivity index (χ1v) is 10.6. The number of fused-ring (bicyclic) bond motifs is 1. The van der Waals surface area contributed by atoms with Gasteiger partial charge in [0, 0.05) is 31.2 Å². The van der Waals surface area contributed by atoms with Gasteiger partial charge in [0.25, 0.3) is 0 Å². The lowest BCUT2D eigenvalue weighted by atomic mass is 10.1. The van der Waals surface area contributed by atoms with Crippen LogP contribution >= 0.6 is 7.60 Å². The first kappa shape index (κ1) is 22.3. The van der Waals surface area contributed by atoms with Crippen LogP contribution in [0.5, 0.6) is 5.75 Å². The van der Waals surface area contributed by atoms with Gasteiger partial charge >= 0.3 is 7.60 Å². The Hall–Kier alpha value is -1.01. The van der Waals surface area contributed by atoms with E-state index in [-0.39, 0.29) is 12.2 Å². The van der Waals surface area contributed by atoms with Crippen LogP contribution in [0.1, 0.15) is 78.1 Å². The van der Waals surface area contributed by atoms with E-state index < -0.39 is 30.5 Å². The Morgan fingerprint density at radius 2 is 1.70 bits per heavy atom. The van der Waals surface area contributed by atoms with E-state index in [1.165, 1.54) is 6.20 Å². The second-order valence-electron chi connectivity index (χ2n) is 9.18. The highest BCUT2D eigenvalue weighted by Gasteiger charge is 2.46. The first-order valence-electron chi connectivity index (χ1n) is 9.00. The molecule has 0 bridgehead atoms. The zero-order valence-corrected chi connectivity index (χ0v) is 18.6. The van der Waals surface area contributed by atoms with E-state index in [0.29, 0.717) is 17.0 Å². The third-order valence-corrected chi connectivity index (χ3v) is 6.03. The Balaban J connectivity index is 2.53. The minimum absolute atomic E-state index is 0.0999. The minimum Gasteiger partial charge on any atom is -0.461 e. The van der Waals surface area contributed by atoms with Crippen LogP contribution in [0.3, 0.4) is 0 Å². The van der Waals surface area contributed by atoms with Gasteiger partial charge in [-0.2, -0.15) is 0 Å². The summed E-state index contributed by atoms with van der Waals surface area (Å²) in [6, 6.07) is 0. The molecule has 0 aromatic carbocycles. The number of ether oxygens (including phenoxy) is 2. The lowest BCUT2D eigenvalue weighted by molar-refractivity contribution is -0.181. The fraction of sp³-hybridized carbons (Fsp3) is 0.737. The van der Waals surface area contributed by atoms with Gasteiger partial charge < -0.3 is 18.5 Å². The SMILES string of the molecule is Cc1ncc(C(F)P(=O)(OC(C)(C)C)OC(C)(C)C)c2c1OC(C)(C)OC2. The molecule has 0 saturated carbocycles. The van der Waals surface area contributed by atoms with Gasteiger partial charge in [-0.1, -0.05) is 0 Å². The summed E-state index contributed by atoms with van der Waals surface area (Å²) in [5.74, 6) is -2.42. The highest BCUT2D eigenvalue weighted by atomic mass is 31.2. The lowest BCUT2D eigenvalue weighted by Crippen LogP contribution is -2.36. The molecule has 0 spiro atoms. The summed E-state index contributed by atoms with van der Waals surface area (Å²) < 4.78 is 52.0. The summed E-state index contributed by atoms with van der Waals surface area (Å²) in [6.07, 6.45) is 1.36. The quantitative estimate of drug-likeness (QED) is 0.590. The van der Waals surface area contributed by atoms with Crippen LogP contribution in [0.2, 0.25) is 0 Å². The highest BCUT2D eigenvalue weighted by molar-refractivity contribution is 7.54. The van der Waals surface area contributed by atoms with Crippen molar-refractivity contribution in [3.05, 3.63) is 23.0 Å². The normalized spacial score (nSPS) is 18.6. The molecule has 0 aliphatic carbocycles. The van der Waals surface area contributed by atoms with Crippen molar-refractivity contribution >= 4 is 7.60 Å². The number of hydrogen-bond acceptors (Lipinski definition) is 6. The number of aryl methyl sites for hydroxylation is 1. The second-order valence-corrected chi connectivity index (χ2v) is 11.1. The summed E-state index contributed by atoms with van der Waals surface area (Å²) in [5.41, 5.74) is -0.538. The number of rotatable bonds is 4. The number of nitrogens with zero attached hydrogens (tertiary/aromatic N) is 1. The predicted molar refractivity (Wildman–Crippen MR) is 102 cm³/mol. The summed E-state index contributed by atoms with van der Waals surface area (Å²) in [6.45, 7) is 15.7. The van der Waals surface area contributed by atoms with E-state index in [9.17, 15) is 4.57 Å². The molecule has 8 heteroatoms. The number of alkyl halides is 1. The fourth-order valence-corrected chi connectivity index (χ4v) is 5.02. The monoisotopic (exact) mass is 403 g/mol. The van der Waals surface area contributed by atoms with Crippen LogP contribution in [0.15, 0.2) is 6.20 Å². The first-order chi connectivity index (χ1) is 12.0. The van der Waals surface area contributed by atoms with Crippen molar-refractivity contribution in [2.45, 2.75) is 91.8 Å². The van der Waals surface area contributed by atoms with E-state index in [0.717, 1.165) is 0 Å². The molecule has 0 amide bonds. The van der Waals surface area contributed by atoms with Crippen molar-refractivity contribution < 1.29 is 27.5 Å². The van der Waals surface area contributed by atoms with Gasteiger partial charge in [0.1, 0.15) is 5.75 Å². The molecule has 27 heavy (non-hydrogen) atoms. The summed E-state index contributed by atoms with van der Waals surface area (Å²) >= 11 is 0. The van der Waals surface area contributed by atoms with E-state index in [2.05, 4.69) is 4.98 Å². The molecular weight excluding hydrogens is 372 g/mol. The molecule has 0 fully saturated rings. The average Bonchev–Trinajstić information content (AvgIpc) is 2.43. The van der Waals surface area contributed by atoms with Crippen LogP contribution in [0.4, 0.5) is 4.39 Å². The molecule has 1 aliphatic heterocycles. The minimum atomic E-state index is -4.19. The van der Waals surface area contributed by atoms with Crippen molar-refractivity contribution in [3.63, 3.8) is 0 Å². The number of hydrogen-bond donors (Lipinski definition) is 0. The van der Waals surface area contributed by atoms with Crippen LogP contribution in [0.25, 0.3) is 0 Å². The molecule has 2 rings (SSSR count). The molecular formula is C19H31FNO5P. The number of aromatic nitrogens is 1. The Morgan fingerprint density at radius 1 is 1.19 bits per heavy atom. The van der Waals surface area contributed by atoms with Gasteiger partial charge in [-0.3, -0.25) is 9.55 Å². The summed E-state index contributed by atoms with van der Waals surface area (Å²) in [5, 5.41) is 0. The van der Waals surface area contributed by atoms with Gasteiger partial charge in [0.15, 0.2) is 0 Å². The van der Waals surface area contributed by atoms with Gasteiger partial charge in [0.2, 0.25) is 11.7 Å². The topological polar surface area (TPSA) is 66.9 Å². The van der Waals surface area contributed by atoms with Crippen LogP contribution < -0.4 is 4.74 Å². The predicted octanol–water partition coefficient (Wildman–Crippen LogP) is 5.83. The van der Waals surface area contributed by atoms with Crippen molar-refractivity contribution in [1.82, 2.24) is 4.98 Å². The molecule has 154 valence electrons. The largest absolute Gasteiger partial charge is 0.461 e. The van der Waals surface area contributed by atoms with Crippen molar-refractivity contribution in [2.75, 3.05) is 0 Å². The maximum absolute atomic E-state index is 15.7. The summed E-state index contributed by atoms with van der Waals surface area (Å²) in [7, 11) is -4.19. The molecule has 0 saturated heterocycles. The van der Waals surface area contributed by atoms with Crippen molar-refractivity contribution in [2.24, 2.45) is 0 Å². The van der Waals surface area contributed by atoms with Crippen molar-refractivity contribution in [3.8, 4) is 5.75 Å². The Bertz CT molecular complexity index is 732. The molecule has 0 N–H and O–H groups in total. The number of pyridine rings is 1. The number of halogens is 1. The Kier molecular flexibility index (Phi) is 5.86. The molecule has 1 aliphatic rings. The Morgan fingerprint density at radius 3 is 2.19 bits per heavy atom. The highest BCUT2D eigenvalue weighted by Crippen LogP contribution is 2.66. The van der Waals surface area contributed by atoms with E-state index >= 15 is 4.39 Å². The third kappa shape index (κ3) is 5.50. The molecule has 1 unspecified atom stereocenters. The van der Waals surface area contributed by atoms with E-state index in [1.54, 1.807) is 62.3 Å². The summed E-state index contributed by atoms with van der Waals surface area (Å²) in [4.78, 5) is 4.23. The van der Waals surface area contributed by atoms with Gasteiger partial charge in [0.05, 0.1) is 23.5 Å². The van der Waals surface area contributed by atoms with Crippen LogP contribution in [-0.2, 0) is 25.0 Å². The molecule has 2 heterocycles. The van der Waals surface area contributed by atoms with Crippen LogP contribution in [-0.4, -0.2) is 22.0 Å². The van der Waals surface area contributed by atoms with Gasteiger partial charge in [-0.15, -0.1) is 0 Å². The zero-order chi connectivity index (χ0) is 20.8. The molecule has 1 atom stereocenters. The van der Waals surface area contributed by atoms with E-state index in [1.807, 2.05) is 0 Å². The molecule has 1 aromatic rings. The molecule has 1 aromatic heterocycles. The smallest absolute Gasteiger partial charge is 0.370 e. The second kappa shape index (κ2) is 7.11. The molecule has 0 radical (unpaired) electrons. The maximum atomic E-state index is 15.7. The molecule has 6 nitrogen and oxygen atoms in total. The van der Waals surface area contributed by atoms with Gasteiger partial charge in [-0.25, -0.2) is 4.39 Å². The van der Waals surface area contributed by atoms with E-state index in [4.69, 9.17) is 18.5 Å². The average molecular weight is 403 g/mol. The lowest BCUT2D eigenvalue weighted by Gasteiger charge is -2.36. The van der Waals surface area contributed by atoms with Gasteiger partial charge in [-0.05, 0) is 48.5 Å². The standard InChI is InChI=1S/C19H31FNO5P/c1-12-15-14(11-23-19(8,9)24-15)13(10-21-12)16(20)27(22,25-17(2,3)4)26-18(5,6)7/h10,16H,11H2,1-9H3. The maximum Gasteiger partial charge on any atom is 0.370 e. The zero-order valence-electron chi connectivity index (χ0n) is 17.7. The Labute approximate surface area is 161 Å².